The predicted molar refractivity (Wildman–Crippen MR) is 133 cm³/mol. The minimum atomic E-state index is -3.67. The van der Waals surface area contributed by atoms with Crippen LogP contribution in [0.5, 0.6) is 0 Å². The number of aryl methyl sites for hydroxylation is 1. The summed E-state index contributed by atoms with van der Waals surface area (Å²) in [5.74, 6) is 0.557. The molecule has 0 spiro atoms. The Morgan fingerprint density at radius 2 is 1.62 bits per heavy atom. The van der Waals surface area contributed by atoms with E-state index in [1.54, 1.807) is 57.2 Å². The number of sulfonamides is 1. The molecule has 34 heavy (non-hydrogen) atoms. The van der Waals surface area contributed by atoms with Crippen molar-refractivity contribution in [3.05, 3.63) is 53.9 Å². The van der Waals surface area contributed by atoms with Crippen molar-refractivity contribution in [2.45, 2.75) is 39.5 Å². The largest absolute Gasteiger partial charge is 0.370 e. The first-order chi connectivity index (χ1) is 16.2. The standard InChI is InChI=1S/C24H31N5O4S/c1-6-28(7-2)22-15-14-20(34(31,32)29(8-3)9-4)16-21(22)26-23(30)18-10-12-19(13-11-18)24-25-17(5)27-33-24/h10-16H,6-9H2,1-5H3,(H,26,30). The van der Waals surface area contributed by atoms with E-state index in [4.69, 9.17) is 4.52 Å². The van der Waals surface area contributed by atoms with Crippen LogP contribution in [0.15, 0.2) is 51.9 Å². The highest BCUT2D eigenvalue weighted by atomic mass is 32.2. The highest BCUT2D eigenvalue weighted by Crippen LogP contribution is 2.31. The SMILES string of the molecule is CCN(CC)c1ccc(S(=O)(=O)N(CC)CC)cc1NC(=O)c1ccc(-c2nc(C)no2)cc1. The van der Waals surface area contributed by atoms with E-state index in [9.17, 15) is 13.2 Å². The first kappa shape index (κ1) is 25.4. The molecule has 1 amide bonds. The average molecular weight is 486 g/mol. The third-order valence-corrected chi connectivity index (χ3v) is 7.63. The number of carbonyl (C=O) groups excluding carboxylic acids is 1. The Hall–Kier alpha value is -3.24. The van der Waals surface area contributed by atoms with Gasteiger partial charge < -0.3 is 14.7 Å². The number of carbonyl (C=O) groups is 1. The van der Waals surface area contributed by atoms with Crippen molar-refractivity contribution in [2.75, 3.05) is 36.4 Å². The first-order valence-corrected chi connectivity index (χ1v) is 12.8. The minimum absolute atomic E-state index is 0.143. The third kappa shape index (κ3) is 5.28. The normalized spacial score (nSPS) is 11.6. The lowest BCUT2D eigenvalue weighted by atomic mass is 10.1. The van der Waals surface area contributed by atoms with E-state index in [1.807, 2.05) is 13.8 Å². The topological polar surface area (TPSA) is 109 Å². The van der Waals surface area contributed by atoms with E-state index < -0.39 is 10.0 Å². The minimum Gasteiger partial charge on any atom is -0.370 e. The van der Waals surface area contributed by atoms with Gasteiger partial charge in [-0.25, -0.2) is 8.42 Å². The van der Waals surface area contributed by atoms with Gasteiger partial charge >= 0.3 is 0 Å². The van der Waals surface area contributed by atoms with Gasteiger partial charge in [0.15, 0.2) is 5.82 Å². The Kier molecular flexibility index (Phi) is 8.06. The summed E-state index contributed by atoms with van der Waals surface area (Å²) in [5, 5.41) is 6.69. The number of hydrogen-bond acceptors (Lipinski definition) is 7. The number of rotatable bonds is 10. The fourth-order valence-corrected chi connectivity index (χ4v) is 5.19. The number of amides is 1. The van der Waals surface area contributed by atoms with Crippen LogP contribution in [-0.4, -0.2) is 54.9 Å². The number of hydrogen-bond donors (Lipinski definition) is 1. The van der Waals surface area contributed by atoms with E-state index in [-0.39, 0.29) is 10.8 Å². The molecule has 182 valence electrons. The molecule has 1 aromatic heterocycles. The second kappa shape index (κ2) is 10.8. The number of anilines is 2. The van der Waals surface area contributed by atoms with E-state index in [0.29, 0.717) is 54.7 Å². The number of benzene rings is 2. The predicted octanol–water partition coefficient (Wildman–Crippen LogP) is 4.17. The second-order valence-electron chi connectivity index (χ2n) is 7.62. The summed E-state index contributed by atoms with van der Waals surface area (Å²) in [5.41, 5.74) is 2.32. The molecule has 0 saturated carbocycles. The lowest BCUT2D eigenvalue weighted by Crippen LogP contribution is -2.31. The molecular formula is C24H31N5O4S. The molecule has 3 aromatic rings. The Morgan fingerprint density at radius 1 is 0.971 bits per heavy atom. The Labute approximate surface area is 200 Å². The fraction of sp³-hybridized carbons (Fsp3) is 0.375. The monoisotopic (exact) mass is 485 g/mol. The molecular weight excluding hydrogens is 454 g/mol. The highest BCUT2D eigenvalue weighted by molar-refractivity contribution is 7.89. The summed E-state index contributed by atoms with van der Waals surface area (Å²) in [7, 11) is -3.67. The quantitative estimate of drug-likeness (QED) is 0.459. The van der Waals surface area contributed by atoms with Gasteiger partial charge in [0.1, 0.15) is 0 Å². The smallest absolute Gasteiger partial charge is 0.257 e. The van der Waals surface area contributed by atoms with Gasteiger partial charge in [0.25, 0.3) is 11.8 Å². The molecule has 3 rings (SSSR count). The maximum Gasteiger partial charge on any atom is 0.257 e. The molecule has 0 aliphatic rings. The Bertz CT molecular complexity index is 1230. The van der Waals surface area contributed by atoms with Gasteiger partial charge in [-0.3, -0.25) is 4.79 Å². The van der Waals surface area contributed by atoms with Crippen LogP contribution in [0.25, 0.3) is 11.5 Å². The van der Waals surface area contributed by atoms with Crippen LogP contribution in [-0.2, 0) is 10.0 Å². The molecule has 2 aromatic carbocycles. The fourth-order valence-electron chi connectivity index (χ4n) is 3.70. The van der Waals surface area contributed by atoms with Crippen molar-refractivity contribution >= 4 is 27.3 Å². The molecule has 0 bridgehead atoms. The van der Waals surface area contributed by atoms with Gasteiger partial charge in [0, 0.05) is 37.3 Å². The van der Waals surface area contributed by atoms with Crippen LogP contribution in [0.2, 0.25) is 0 Å². The van der Waals surface area contributed by atoms with Crippen molar-refractivity contribution < 1.29 is 17.7 Å². The number of nitrogens with zero attached hydrogens (tertiary/aromatic N) is 4. The number of aromatic nitrogens is 2. The molecule has 0 fully saturated rings. The zero-order chi connectivity index (χ0) is 24.9. The lowest BCUT2D eigenvalue weighted by Gasteiger charge is -2.26. The summed E-state index contributed by atoms with van der Waals surface area (Å²) in [6, 6.07) is 11.7. The van der Waals surface area contributed by atoms with Crippen LogP contribution in [0.1, 0.15) is 43.9 Å². The second-order valence-corrected chi connectivity index (χ2v) is 9.56. The molecule has 0 unspecified atom stereocenters. The molecule has 9 nitrogen and oxygen atoms in total. The van der Waals surface area contributed by atoms with Gasteiger partial charge in [0.05, 0.1) is 16.3 Å². The van der Waals surface area contributed by atoms with Crippen molar-refractivity contribution in [3.8, 4) is 11.5 Å². The summed E-state index contributed by atoms with van der Waals surface area (Å²) >= 11 is 0. The van der Waals surface area contributed by atoms with E-state index in [1.165, 1.54) is 10.4 Å². The molecule has 0 radical (unpaired) electrons. The maximum atomic E-state index is 13.1. The summed E-state index contributed by atoms with van der Waals surface area (Å²) in [6.07, 6.45) is 0. The molecule has 1 heterocycles. The molecule has 1 N–H and O–H groups in total. The van der Waals surface area contributed by atoms with E-state index >= 15 is 0 Å². The summed E-state index contributed by atoms with van der Waals surface area (Å²) in [6.45, 7) is 11.5. The van der Waals surface area contributed by atoms with Gasteiger partial charge in [-0.2, -0.15) is 9.29 Å². The summed E-state index contributed by atoms with van der Waals surface area (Å²) in [4.78, 5) is 19.5. The Balaban J connectivity index is 1.95. The molecule has 0 aliphatic heterocycles. The molecule has 0 atom stereocenters. The van der Waals surface area contributed by atoms with Crippen molar-refractivity contribution in [2.24, 2.45) is 0 Å². The van der Waals surface area contributed by atoms with Crippen LogP contribution >= 0.6 is 0 Å². The van der Waals surface area contributed by atoms with Gasteiger partial charge in [-0.15, -0.1) is 0 Å². The van der Waals surface area contributed by atoms with Gasteiger partial charge in [-0.05, 0) is 63.2 Å². The molecule has 10 heteroatoms. The zero-order valence-electron chi connectivity index (χ0n) is 20.2. The summed E-state index contributed by atoms with van der Waals surface area (Å²) < 4.78 is 32.7. The van der Waals surface area contributed by atoms with Crippen molar-refractivity contribution in [3.63, 3.8) is 0 Å². The van der Waals surface area contributed by atoms with Crippen LogP contribution in [0.4, 0.5) is 11.4 Å². The highest BCUT2D eigenvalue weighted by Gasteiger charge is 2.24. The average Bonchev–Trinajstić information content (AvgIpc) is 3.27. The molecule has 0 saturated heterocycles. The van der Waals surface area contributed by atoms with Crippen LogP contribution < -0.4 is 10.2 Å². The Morgan fingerprint density at radius 3 is 2.15 bits per heavy atom. The number of nitrogens with one attached hydrogen (secondary N) is 1. The van der Waals surface area contributed by atoms with Crippen molar-refractivity contribution in [1.29, 1.82) is 0 Å². The van der Waals surface area contributed by atoms with Crippen LogP contribution in [0.3, 0.4) is 0 Å². The lowest BCUT2D eigenvalue weighted by molar-refractivity contribution is 0.102. The van der Waals surface area contributed by atoms with Crippen LogP contribution in [0, 0.1) is 6.92 Å². The zero-order valence-corrected chi connectivity index (χ0v) is 21.0. The van der Waals surface area contributed by atoms with Gasteiger partial charge in [0.2, 0.25) is 10.0 Å². The maximum absolute atomic E-state index is 13.1. The first-order valence-electron chi connectivity index (χ1n) is 11.4. The van der Waals surface area contributed by atoms with E-state index in [0.717, 1.165) is 5.69 Å². The molecule has 0 aliphatic carbocycles. The van der Waals surface area contributed by atoms with Gasteiger partial charge in [-0.1, -0.05) is 19.0 Å². The van der Waals surface area contributed by atoms with Crippen molar-refractivity contribution in [1.82, 2.24) is 14.4 Å². The third-order valence-electron chi connectivity index (χ3n) is 5.59. The van der Waals surface area contributed by atoms with E-state index in [2.05, 4.69) is 20.4 Å².